The summed E-state index contributed by atoms with van der Waals surface area (Å²) in [5.41, 5.74) is 3.59. The summed E-state index contributed by atoms with van der Waals surface area (Å²) in [5, 5.41) is 0. The topological polar surface area (TPSA) is 51.0 Å². The SMILES string of the molecule is CC1(C)C(=O)N(C2CC2)c2cc(-c3cn(-c4ccncc4F)cn3)ccc21. The number of halogens is 1. The molecule has 6 heteroatoms. The van der Waals surface area contributed by atoms with Crippen LogP contribution < -0.4 is 4.90 Å². The first-order valence-electron chi connectivity index (χ1n) is 9.09. The Bertz CT molecular complexity index is 1070. The van der Waals surface area contributed by atoms with Gasteiger partial charge in [-0.3, -0.25) is 9.78 Å². The third-order valence-electron chi connectivity index (χ3n) is 5.50. The van der Waals surface area contributed by atoms with Gasteiger partial charge in [-0.25, -0.2) is 9.37 Å². The van der Waals surface area contributed by atoms with Crippen molar-refractivity contribution < 1.29 is 9.18 Å². The third kappa shape index (κ3) is 2.40. The number of rotatable bonds is 3. The van der Waals surface area contributed by atoms with Crippen LogP contribution in [0.4, 0.5) is 10.1 Å². The summed E-state index contributed by atoms with van der Waals surface area (Å²) in [6.07, 6.45) is 8.24. The summed E-state index contributed by atoms with van der Waals surface area (Å²) in [4.78, 5) is 23.1. The van der Waals surface area contributed by atoms with Crippen LogP contribution in [0.3, 0.4) is 0 Å². The largest absolute Gasteiger partial charge is 0.308 e. The standard InChI is InChI=1S/C21H19FN4O/c1-21(2)15-6-3-13(9-19(15)26(20(21)27)14-4-5-14)17-11-25(12-24-17)18-7-8-23-10-16(18)22/h3,6-12,14H,4-5H2,1-2H3. The van der Waals surface area contributed by atoms with E-state index in [1.54, 1.807) is 29.4 Å². The van der Waals surface area contributed by atoms with Crippen molar-refractivity contribution >= 4 is 11.6 Å². The lowest BCUT2D eigenvalue weighted by molar-refractivity contribution is -0.122. The monoisotopic (exact) mass is 362 g/mol. The normalized spacial score (nSPS) is 18.0. The van der Waals surface area contributed by atoms with Gasteiger partial charge in [0.05, 0.1) is 23.0 Å². The summed E-state index contributed by atoms with van der Waals surface area (Å²) in [5.74, 6) is -0.232. The smallest absolute Gasteiger partial charge is 0.237 e. The number of carbonyl (C=O) groups is 1. The second-order valence-corrected chi connectivity index (χ2v) is 7.76. The van der Waals surface area contributed by atoms with Crippen LogP contribution in [-0.4, -0.2) is 26.5 Å². The molecule has 5 rings (SSSR count). The van der Waals surface area contributed by atoms with Gasteiger partial charge in [-0.05, 0) is 44.4 Å². The summed E-state index contributed by atoms with van der Waals surface area (Å²) in [7, 11) is 0. The van der Waals surface area contributed by atoms with E-state index in [0.717, 1.165) is 35.3 Å². The van der Waals surface area contributed by atoms with E-state index in [1.165, 1.54) is 6.20 Å². The summed E-state index contributed by atoms with van der Waals surface area (Å²) in [6.45, 7) is 3.97. The van der Waals surface area contributed by atoms with Gasteiger partial charge in [0.1, 0.15) is 6.33 Å². The van der Waals surface area contributed by atoms with Gasteiger partial charge in [-0.2, -0.15) is 0 Å². The number of nitrogens with zero attached hydrogens (tertiary/aromatic N) is 4. The van der Waals surface area contributed by atoms with Gasteiger partial charge >= 0.3 is 0 Å². The molecular weight excluding hydrogens is 343 g/mol. The predicted molar refractivity (Wildman–Crippen MR) is 100 cm³/mol. The fourth-order valence-electron chi connectivity index (χ4n) is 3.82. The molecule has 1 fully saturated rings. The highest BCUT2D eigenvalue weighted by Gasteiger charge is 2.48. The molecule has 2 aromatic heterocycles. The molecule has 0 unspecified atom stereocenters. The van der Waals surface area contributed by atoms with Crippen molar-refractivity contribution in [2.45, 2.75) is 38.1 Å². The Morgan fingerprint density at radius 2 is 2.00 bits per heavy atom. The Kier molecular flexibility index (Phi) is 3.29. The van der Waals surface area contributed by atoms with Crippen molar-refractivity contribution in [3.05, 3.63) is 60.6 Å². The maximum atomic E-state index is 14.0. The molecule has 3 aromatic rings. The highest BCUT2D eigenvalue weighted by molar-refractivity contribution is 6.08. The number of benzene rings is 1. The number of pyridine rings is 1. The molecular formula is C21H19FN4O. The van der Waals surface area contributed by atoms with Crippen molar-refractivity contribution in [3.8, 4) is 16.9 Å². The summed E-state index contributed by atoms with van der Waals surface area (Å²) >= 11 is 0. The molecule has 0 saturated heterocycles. The van der Waals surface area contributed by atoms with Gasteiger partial charge in [-0.1, -0.05) is 12.1 Å². The molecule has 0 radical (unpaired) electrons. The minimum Gasteiger partial charge on any atom is -0.308 e. The fraction of sp³-hybridized carbons (Fsp3) is 0.286. The van der Waals surface area contributed by atoms with Crippen LogP contribution in [0, 0.1) is 5.82 Å². The molecule has 0 bridgehead atoms. The van der Waals surface area contributed by atoms with Crippen LogP contribution in [0.15, 0.2) is 49.2 Å². The number of hydrogen-bond acceptors (Lipinski definition) is 3. The molecule has 1 aliphatic carbocycles. The number of imidazole rings is 1. The highest BCUT2D eigenvalue weighted by atomic mass is 19.1. The van der Waals surface area contributed by atoms with E-state index in [2.05, 4.69) is 9.97 Å². The van der Waals surface area contributed by atoms with Crippen molar-refractivity contribution in [1.29, 1.82) is 0 Å². The zero-order valence-corrected chi connectivity index (χ0v) is 15.2. The van der Waals surface area contributed by atoms with Crippen LogP contribution in [0.2, 0.25) is 0 Å². The Hall–Kier alpha value is -3.02. The average Bonchev–Trinajstić information content (AvgIpc) is 3.32. The first-order valence-corrected chi connectivity index (χ1v) is 9.09. The lowest BCUT2D eigenvalue weighted by Crippen LogP contribution is -2.37. The van der Waals surface area contributed by atoms with Crippen molar-refractivity contribution in [3.63, 3.8) is 0 Å². The quantitative estimate of drug-likeness (QED) is 0.711. The van der Waals surface area contributed by atoms with E-state index in [4.69, 9.17) is 0 Å². The van der Waals surface area contributed by atoms with Crippen LogP contribution in [0.25, 0.3) is 16.9 Å². The average molecular weight is 362 g/mol. The van der Waals surface area contributed by atoms with Gasteiger partial charge in [-0.15, -0.1) is 0 Å². The van der Waals surface area contributed by atoms with E-state index in [1.807, 2.05) is 36.9 Å². The molecule has 3 heterocycles. The van der Waals surface area contributed by atoms with Crippen molar-refractivity contribution in [2.24, 2.45) is 0 Å². The maximum absolute atomic E-state index is 14.0. The molecule has 0 atom stereocenters. The zero-order valence-electron chi connectivity index (χ0n) is 15.2. The molecule has 1 saturated carbocycles. The molecule has 27 heavy (non-hydrogen) atoms. The lowest BCUT2D eigenvalue weighted by Gasteiger charge is -2.19. The van der Waals surface area contributed by atoms with E-state index in [9.17, 15) is 9.18 Å². The highest BCUT2D eigenvalue weighted by Crippen LogP contribution is 2.47. The fourth-order valence-corrected chi connectivity index (χ4v) is 3.82. The second kappa shape index (κ2) is 5.49. The number of fused-ring (bicyclic) bond motifs is 1. The van der Waals surface area contributed by atoms with Crippen LogP contribution in [0.5, 0.6) is 0 Å². The minimum absolute atomic E-state index is 0.168. The van der Waals surface area contributed by atoms with Gasteiger partial charge in [0.25, 0.3) is 0 Å². The Morgan fingerprint density at radius 1 is 1.19 bits per heavy atom. The number of hydrogen-bond donors (Lipinski definition) is 0. The Balaban J connectivity index is 1.57. The number of amides is 1. The molecule has 1 aromatic carbocycles. The van der Waals surface area contributed by atoms with Crippen LogP contribution in [0.1, 0.15) is 32.3 Å². The first-order chi connectivity index (χ1) is 13.0. The summed E-state index contributed by atoms with van der Waals surface area (Å²) < 4.78 is 15.6. The molecule has 0 N–H and O–H groups in total. The molecule has 136 valence electrons. The van der Waals surface area contributed by atoms with Crippen LogP contribution in [-0.2, 0) is 10.2 Å². The van der Waals surface area contributed by atoms with E-state index >= 15 is 0 Å². The van der Waals surface area contributed by atoms with E-state index in [-0.39, 0.29) is 5.91 Å². The molecule has 1 amide bonds. The minimum atomic E-state index is -0.504. The molecule has 5 nitrogen and oxygen atoms in total. The van der Waals surface area contributed by atoms with E-state index in [0.29, 0.717) is 11.7 Å². The van der Waals surface area contributed by atoms with Crippen molar-refractivity contribution in [1.82, 2.24) is 14.5 Å². The number of carbonyl (C=O) groups excluding carboxylic acids is 1. The van der Waals surface area contributed by atoms with Crippen molar-refractivity contribution in [2.75, 3.05) is 4.90 Å². The Morgan fingerprint density at radius 3 is 2.74 bits per heavy atom. The second-order valence-electron chi connectivity index (χ2n) is 7.76. The number of anilines is 1. The van der Waals surface area contributed by atoms with Gasteiger partial charge in [0.15, 0.2) is 5.82 Å². The van der Waals surface area contributed by atoms with Gasteiger partial charge in [0, 0.05) is 29.7 Å². The summed E-state index contributed by atoms with van der Waals surface area (Å²) in [6, 6.07) is 7.98. The third-order valence-corrected chi connectivity index (χ3v) is 5.50. The van der Waals surface area contributed by atoms with Gasteiger partial charge in [0.2, 0.25) is 5.91 Å². The Labute approximate surface area is 156 Å². The molecule has 0 spiro atoms. The zero-order chi connectivity index (χ0) is 18.8. The van der Waals surface area contributed by atoms with Crippen LogP contribution >= 0.6 is 0 Å². The maximum Gasteiger partial charge on any atom is 0.237 e. The van der Waals surface area contributed by atoms with E-state index < -0.39 is 11.2 Å². The molecule has 1 aliphatic heterocycles. The predicted octanol–water partition coefficient (Wildman–Crippen LogP) is 3.86. The van der Waals surface area contributed by atoms with Gasteiger partial charge < -0.3 is 9.47 Å². The number of aromatic nitrogens is 3. The molecule has 2 aliphatic rings. The first kappa shape index (κ1) is 16.2. The lowest BCUT2D eigenvalue weighted by atomic mass is 9.86.